The second kappa shape index (κ2) is 37.1. The van der Waals surface area contributed by atoms with Crippen LogP contribution in [0.25, 0.3) is 83.9 Å². The fourth-order valence-corrected chi connectivity index (χ4v) is 16.4. The molecule has 132 heavy (non-hydrogen) atoms. The standard InChI is InChI=1S/3C30H28F5N7O2/c3*1-6-18(43)41-10-9-40(12-15(41)5)28-16-11-17(31)26(19-20(32)21(33)22(34)23(35)24(19)36)38-29(16)42(30(44)39-28)27-14(4)7-8-37-25(27)13(2)3/h3*6-8,11,13,15H,1,9-10,12,36H2,2-5H3/t3*15-/m111/s1. The summed E-state index contributed by atoms with van der Waals surface area (Å²) in [7, 11) is 0. The molecule has 12 heterocycles. The van der Waals surface area contributed by atoms with Gasteiger partial charge in [-0.25, -0.2) is 109 Å². The first kappa shape index (κ1) is 95.0. The molecule has 690 valence electrons. The van der Waals surface area contributed by atoms with Gasteiger partial charge in [0, 0.05) is 95.6 Å². The topological polar surface area (TPSA) is 331 Å². The van der Waals surface area contributed by atoms with Gasteiger partial charge in [-0.3, -0.25) is 29.3 Å². The number of pyridine rings is 6. The van der Waals surface area contributed by atoms with Gasteiger partial charge in [-0.2, -0.15) is 15.0 Å². The number of hydrogen-bond acceptors (Lipinski definition) is 21. The highest BCUT2D eigenvalue weighted by Gasteiger charge is 2.39. The average Bonchev–Trinajstić information content (AvgIpc) is 0.736. The number of rotatable bonds is 15. The molecule has 15 rings (SSSR count). The molecule has 3 aromatic carbocycles. The Morgan fingerprint density at radius 1 is 0.364 bits per heavy atom. The first-order valence-electron chi connectivity index (χ1n) is 41.0. The molecule has 0 spiro atoms. The number of benzene rings is 3. The highest BCUT2D eigenvalue weighted by atomic mass is 19.2. The van der Waals surface area contributed by atoms with E-state index in [0.29, 0.717) is 33.8 Å². The Bertz CT molecular complexity index is 6290. The number of aryl methyl sites for hydroxylation is 3. The predicted octanol–water partition coefficient (Wildman–Crippen LogP) is 14.3. The SMILES string of the molecule is C=CC(=O)N1CCN(c2nc(=O)n(-c3c(C)ccnc3C(C)C)c3nc(-c4c(N)c(F)c(F)c(F)c4F)c(F)cc23)C[C@H]1C.C=CC(=O)N1CCN(c2nc(=O)n(-c3c(C)ccnc3C(C)C)c3nc(-c4c(N)c(F)c(F)c(F)c4F)c(F)cc23)C[C@H]1C.C=CC(=O)N1CCN(c2nc(=O)n(-c3c(C)ccnc3C(C)C)c3nc(-c4c(N)c(F)c(F)c(F)c4F)c(F)cc23)C[C@H]1C. The maximum atomic E-state index is 15.9. The Balaban J connectivity index is 0.000000168. The summed E-state index contributed by atoms with van der Waals surface area (Å²) in [4.78, 5) is 127. The summed E-state index contributed by atoms with van der Waals surface area (Å²) in [6.45, 7) is 34.0. The fraction of sp³-hybridized carbons (Fsp3) is 0.300. The van der Waals surface area contributed by atoms with Gasteiger partial charge in [0.15, 0.2) is 104 Å². The zero-order valence-corrected chi connectivity index (χ0v) is 72.8. The van der Waals surface area contributed by atoms with E-state index in [1.54, 1.807) is 108 Å². The van der Waals surface area contributed by atoms with Crippen LogP contribution in [0.2, 0.25) is 0 Å². The molecule has 0 bridgehead atoms. The van der Waals surface area contributed by atoms with Crippen molar-refractivity contribution in [3.63, 3.8) is 0 Å². The lowest BCUT2D eigenvalue weighted by molar-refractivity contribution is -0.129. The zero-order chi connectivity index (χ0) is 96.6. The van der Waals surface area contributed by atoms with Crippen LogP contribution in [-0.2, 0) is 14.4 Å². The lowest BCUT2D eigenvalue weighted by Crippen LogP contribution is -2.54. The summed E-state index contributed by atoms with van der Waals surface area (Å²) in [5, 5.41) is 0.00428. The van der Waals surface area contributed by atoms with E-state index in [-0.39, 0.29) is 180 Å². The molecule has 0 radical (unpaired) electrons. The third-order valence-corrected chi connectivity index (χ3v) is 23.0. The Kier molecular flexibility index (Phi) is 26.7. The van der Waals surface area contributed by atoms with Crippen molar-refractivity contribution >= 4 is 85.3 Å². The summed E-state index contributed by atoms with van der Waals surface area (Å²) in [6.07, 6.45) is 8.22. The van der Waals surface area contributed by atoms with Crippen LogP contribution in [0.4, 0.5) is 100 Å². The molecule has 0 aliphatic carbocycles. The molecule has 9 aromatic heterocycles. The van der Waals surface area contributed by atoms with Crippen LogP contribution in [0.3, 0.4) is 0 Å². The molecular weight excluding hydrogens is 1760 g/mol. The number of carbonyl (C=O) groups excluding carboxylic acids is 3. The van der Waals surface area contributed by atoms with Crippen LogP contribution in [0, 0.1) is 108 Å². The average molecular weight is 1840 g/mol. The third-order valence-electron chi connectivity index (χ3n) is 23.0. The Labute approximate surface area is 741 Å². The van der Waals surface area contributed by atoms with Gasteiger partial charge in [0.1, 0.15) is 34.5 Å². The van der Waals surface area contributed by atoms with Crippen LogP contribution in [-0.4, -0.2) is 168 Å². The molecule has 3 aliphatic heterocycles. The van der Waals surface area contributed by atoms with Crippen LogP contribution >= 0.6 is 0 Å². The largest absolute Gasteiger partial charge is 0.396 e. The van der Waals surface area contributed by atoms with Crippen LogP contribution in [0.15, 0.2) is 107 Å². The summed E-state index contributed by atoms with van der Waals surface area (Å²) >= 11 is 0. The van der Waals surface area contributed by atoms with Crippen molar-refractivity contribution in [3.05, 3.63) is 245 Å². The van der Waals surface area contributed by atoms with E-state index in [1.807, 2.05) is 41.5 Å². The van der Waals surface area contributed by atoms with Gasteiger partial charge in [-0.1, -0.05) is 61.3 Å². The molecule has 42 heteroatoms. The van der Waals surface area contributed by atoms with Gasteiger partial charge in [-0.05, 0) is 131 Å². The predicted molar refractivity (Wildman–Crippen MR) is 465 cm³/mol. The number of carbonyl (C=O) groups is 3. The summed E-state index contributed by atoms with van der Waals surface area (Å²) < 4.78 is 224. The van der Waals surface area contributed by atoms with Gasteiger partial charge >= 0.3 is 17.1 Å². The van der Waals surface area contributed by atoms with E-state index >= 15 is 26.3 Å². The number of piperazine rings is 3. The van der Waals surface area contributed by atoms with Crippen LogP contribution < -0.4 is 49.0 Å². The Morgan fingerprint density at radius 3 is 0.803 bits per heavy atom. The van der Waals surface area contributed by atoms with Gasteiger partial charge in [0.05, 0.1) is 84.1 Å². The summed E-state index contributed by atoms with van der Waals surface area (Å²) in [5.74, 6) is -29.9. The van der Waals surface area contributed by atoms with Crippen LogP contribution in [0.1, 0.15) is 114 Å². The minimum absolute atomic E-state index is 0.00143. The molecule has 3 saturated heterocycles. The molecule has 6 N–H and O–H groups in total. The highest BCUT2D eigenvalue weighted by molar-refractivity contribution is 5.96. The van der Waals surface area contributed by atoms with E-state index < -0.39 is 155 Å². The van der Waals surface area contributed by atoms with Crippen LogP contribution in [0.5, 0.6) is 0 Å². The lowest BCUT2D eigenvalue weighted by atomic mass is 10.0. The number of fused-ring (bicyclic) bond motifs is 3. The van der Waals surface area contributed by atoms with Gasteiger partial charge in [0.2, 0.25) is 17.7 Å². The fourth-order valence-electron chi connectivity index (χ4n) is 16.4. The van der Waals surface area contributed by atoms with Crippen molar-refractivity contribution in [2.24, 2.45) is 0 Å². The highest BCUT2D eigenvalue weighted by Crippen LogP contribution is 2.44. The molecule has 0 unspecified atom stereocenters. The van der Waals surface area contributed by atoms with Crippen molar-refractivity contribution in [1.29, 1.82) is 0 Å². The van der Waals surface area contributed by atoms with E-state index in [4.69, 9.17) is 17.2 Å². The number of hydrogen-bond donors (Lipinski definition) is 3. The van der Waals surface area contributed by atoms with Crippen molar-refractivity contribution in [3.8, 4) is 50.8 Å². The summed E-state index contributed by atoms with van der Waals surface area (Å²) in [6, 6.07) is 6.57. The number of aromatic nitrogens is 12. The molecule has 3 aliphatic rings. The number of nitrogens with two attached hydrogens (primary N) is 3. The molecule has 3 atom stereocenters. The maximum Gasteiger partial charge on any atom is 0.355 e. The first-order valence-corrected chi connectivity index (χ1v) is 41.0. The van der Waals surface area contributed by atoms with E-state index in [1.165, 1.54) is 18.2 Å². The number of amides is 3. The molecule has 3 amide bonds. The molecule has 0 saturated carbocycles. The quantitative estimate of drug-likeness (QED) is 0.0282. The monoisotopic (exact) mass is 1840 g/mol. The molecular formula is C90H84F15N21O6. The van der Waals surface area contributed by atoms with E-state index in [9.17, 15) is 68.3 Å². The molecule has 12 aromatic rings. The first-order chi connectivity index (χ1) is 62.3. The lowest BCUT2D eigenvalue weighted by Gasteiger charge is -2.40. The van der Waals surface area contributed by atoms with Crippen molar-refractivity contribution < 1.29 is 80.2 Å². The molecule has 3 fully saturated rings. The maximum absolute atomic E-state index is 15.9. The van der Waals surface area contributed by atoms with Crippen molar-refractivity contribution in [1.82, 2.24) is 73.3 Å². The van der Waals surface area contributed by atoms with Gasteiger partial charge in [0.25, 0.3) is 0 Å². The number of halogens is 15. The third kappa shape index (κ3) is 16.7. The Morgan fingerprint density at radius 2 is 0.591 bits per heavy atom. The number of anilines is 6. The van der Waals surface area contributed by atoms with Crippen molar-refractivity contribution in [2.75, 3.05) is 90.8 Å². The van der Waals surface area contributed by atoms with E-state index in [2.05, 4.69) is 64.6 Å². The minimum atomic E-state index is -2.20. The number of nitrogens with zero attached hydrogens (tertiary/aromatic N) is 18. The second-order valence-corrected chi connectivity index (χ2v) is 32.5. The van der Waals surface area contributed by atoms with Gasteiger partial charge < -0.3 is 46.6 Å². The number of nitrogen functional groups attached to an aromatic ring is 3. The van der Waals surface area contributed by atoms with Gasteiger partial charge in [-0.15, -0.1) is 0 Å². The second-order valence-electron chi connectivity index (χ2n) is 32.5. The van der Waals surface area contributed by atoms with Crippen molar-refractivity contribution in [2.45, 2.75) is 119 Å². The normalized spacial score (nSPS) is 15.4. The summed E-state index contributed by atoms with van der Waals surface area (Å²) in [5.41, 5.74) is 7.63. The van der Waals surface area contributed by atoms with E-state index in [0.717, 1.165) is 31.9 Å². The Hall–Kier alpha value is -14.6. The molecule has 27 nitrogen and oxygen atoms in total. The minimum Gasteiger partial charge on any atom is -0.396 e. The zero-order valence-electron chi connectivity index (χ0n) is 72.8. The smallest absolute Gasteiger partial charge is 0.355 e.